The van der Waals surface area contributed by atoms with Crippen molar-refractivity contribution < 1.29 is 19.4 Å². The summed E-state index contributed by atoms with van der Waals surface area (Å²) in [5.41, 5.74) is 4.81. The molecule has 0 saturated carbocycles. The number of aliphatic hydroxyl groups is 1. The van der Waals surface area contributed by atoms with Gasteiger partial charge in [0.25, 0.3) is 0 Å². The number of esters is 2. The van der Waals surface area contributed by atoms with Gasteiger partial charge in [0.1, 0.15) is 6.10 Å². The Hall–Kier alpha value is -0.650. The van der Waals surface area contributed by atoms with Gasteiger partial charge in [-0.05, 0) is 6.92 Å². The summed E-state index contributed by atoms with van der Waals surface area (Å²) >= 11 is 0. The zero-order valence-electron chi connectivity index (χ0n) is 5.94. The van der Waals surface area contributed by atoms with Crippen LogP contribution in [0.25, 0.3) is 0 Å². The van der Waals surface area contributed by atoms with E-state index in [-0.39, 0.29) is 19.0 Å². The van der Waals surface area contributed by atoms with E-state index < -0.39 is 18.0 Å². The summed E-state index contributed by atoms with van der Waals surface area (Å²) in [5, 5.41) is 8.50. The number of carbonyl (C=O) groups is 2. The molecule has 0 rings (SSSR count). The SMILES string of the molecule is CC(O)C(=O)OC(=O)CN.Cl. The Labute approximate surface area is 69.9 Å². The Balaban J connectivity index is 0. The molecule has 0 aromatic carbocycles. The summed E-state index contributed by atoms with van der Waals surface area (Å²) in [6.45, 7) is 0.838. The molecule has 0 radical (unpaired) electrons. The molecule has 6 heteroatoms. The standard InChI is InChI=1S/C5H9NO4.ClH/c1-3(7)5(9)10-4(8)2-6;/h3,7H,2,6H2,1H3;1H. The molecule has 1 atom stereocenters. The molecular formula is C5H10ClNO4. The van der Waals surface area contributed by atoms with Crippen LogP contribution >= 0.6 is 12.4 Å². The van der Waals surface area contributed by atoms with Crippen LogP contribution in [0.1, 0.15) is 6.92 Å². The predicted molar refractivity (Wildman–Crippen MR) is 39.1 cm³/mol. The average Bonchev–Trinajstić information content (AvgIpc) is 1.87. The largest absolute Gasteiger partial charge is 0.390 e. The Morgan fingerprint density at radius 3 is 2.36 bits per heavy atom. The topological polar surface area (TPSA) is 89.6 Å². The highest BCUT2D eigenvalue weighted by molar-refractivity contribution is 5.88. The van der Waals surface area contributed by atoms with Crippen LogP contribution in [0.2, 0.25) is 0 Å². The van der Waals surface area contributed by atoms with Crippen molar-refractivity contribution in [1.29, 1.82) is 0 Å². The number of hydrogen-bond acceptors (Lipinski definition) is 5. The number of aliphatic hydroxyl groups excluding tert-OH is 1. The van der Waals surface area contributed by atoms with Crippen LogP contribution in [0.3, 0.4) is 0 Å². The van der Waals surface area contributed by atoms with Crippen LogP contribution in [-0.2, 0) is 14.3 Å². The fourth-order valence-corrected chi connectivity index (χ4v) is 0.239. The van der Waals surface area contributed by atoms with Crippen molar-refractivity contribution in [2.75, 3.05) is 6.54 Å². The zero-order chi connectivity index (χ0) is 8.15. The lowest BCUT2D eigenvalue weighted by Crippen LogP contribution is -2.26. The second-order valence-electron chi connectivity index (χ2n) is 1.67. The van der Waals surface area contributed by atoms with E-state index >= 15 is 0 Å². The van der Waals surface area contributed by atoms with Crippen molar-refractivity contribution in [3.05, 3.63) is 0 Å². The molecule has 0 aliphatic rings. The molecule has 0 amide bonds. The molecule has 0 spiro atoms. The number of halogens is 1. The molecule has 0 heterocycles. The van der Waals surface area contributed by atoms with Gasteiger partial charge in [0, 0.05) is 0 Å². The van der Waals surface area contributed by atoms with Gasteiger partial charge in [0.15, 0.2) is 0 Å². The van der Waals surface area contributed by atoms with Crippen LogP contribution in [0.4, 0.5) is 0 Å². The third-order valence-corrected chi connectivity index (χ3v) is 0.722. The number of hydrogen-bond donors (Lipinski definition) is 2. The van der Waals surface area contributed by atoms with Crippen molar-refractivity contribution in [3.63, 3.8) is 0 Å². The molecule has 0 aromatic heterocycles. The normalized spacial score (nSPS) is 11.2. The van der Waals surface area contributed by atoms with E-state index in [1.165, 1.54) is 6.92 Å². The first-order valence-corrected chi connectivity index (χ1v) is 2.70. The molecule has 3 N–H and O–H groups in total. The Kier molecular flexibility index (Phi) is 7.18. The fourth-order valence-electron chi connectivity index (χ4n) is 0.239. The number of nitrogens with two attached hydrogens (primary N) is 1. The van der Waals surface area contributed by atoms with Gasteiger partial charge in [0.05, 0.1) is 6.54 Å². The van der Waals surface area contributed by atoms with E-state index in [9.17, 15) is 9.59 Å². The molecule has 11 heavy (non-hydrogen) atoms. The van der Waals surface area contributed by atoms with Crippen molar-refractivity contribution in [2.24, 2.45) is 5.73 Å². The van der Waals surface area contributed by atoms with Gasteiger partial charge >= 0.3 is 11.9 Å². The van der Waals surface area contributed by atoms with Gasteiger partial charge in [-0.1, -0.05) is 0 Å². The molecule has 0 fully saturated rings. The maximum absolute atomic E-state index is 10.4. The summed E-state index contributed by atoms with van der Waals surface area (Å²) in [6.07, 6.45) is -1.28. The van der Waals surface area contributed by atoms with Gasteiger partial charge in [0.2, 0.25) is 0 Å². The maximum Gasteiger partial charge on any atom is 0.342 e. The highest BCUT2D eigenvalue weighted by Crippen LogP contribution is 1.85. The Morgan fingerprint density at radius 1 is 1.64 bits per heavy atom. The van der Waals surface area contributed by atoms with E-state index in [0.29, 0.717) is 0 Å². The lowest BCUT2D eigenvalue weighted by Gasteiger charge is -2.01. The molecular weight excluding hydrogens is 174 g/mol. The highest BCUT2D eigenvalue weighted by atomic mass is 35.5. The molecule has 0 aliphatic heterocycles. The number of rotatable bonds is 2. The molecule has 66 valence electrons. The highest BCUT2D eigenvalue weighted by Gasteiger charge is 2.13. The molecule has 0 bridgehead atoms. The predicted octanol–water partition coefficient (Wildman–Crippen LogP) is -1.18. The Bertz CT molecular complexity index is 147. The summed E-state index contributed by atoms with van der Waals surface area (Å²) in [5.74, 6) is -1.82. The molecule has 0 saturated heterocycles. The second kappa shape index (κ2) is 6.09. The van der Waals surface area contributed by atoms with E-state index in [4.69, 9.17) is 10.8 Å². The summed E-state index contributed by atoms with van der Waals surface area (Å²) in [6, 6.07) is 0. The Morgan fingerprint density at radius 2 is 2.09 bits per heavy atom. The molecule has 1 unspecified atom stereocenters. The van der Waals surface area contributed by atoms with Crippen LogP contribution in [0.5, 0.6) is 0 Å². The zero-order valence-corrected chi connectivity index (χ0v) is 6.76. The van der Waals surface area contributed by atoms with Gasteiger partial charge in [-0.15, -0.1) is 12.4 Å². The first kappa shape index (κ1) is 13.0. The lowest BCUT2D eigenvalue weighted by molar-refractivity contribution is -0.164. The minimum absolute atomic E-state index is 0. The fraction of sp³-hybridized carbons (Fsp3) is 0.600. The van der Waals surface area contributed by atoms with Crippen molar-refractivity contribution in [1.82, 2.24) is 0 Å². The van der Waals surface area contributed by atoms with Gasteiger partial charge in [-0.25, -0.2) is 4.79 Å². The van der Waals surface area contributed by atoms with E-state index in [1.807, 2.05) is 0 Å². The summed E-state index contributed by atoms with van der Waals surface area (Å²) in [7, 11) is 0. The average molecular weight is 184 g/mol. The van der Waals surface area contributed by atoms with E-state index in [0.717, 1.165) is 0 Å². The van der Waals surface area contributed by atoms with Gasteiger partial charge in [-0.3, -0.25) is 4.79 Å². The van der Waals surface area contributed by atoms with Crippen LogP contribution in [0.15, 0.2) is 0 Å². The third kappa shape index (κ3) is 5.78. The van der Waals surface area contributed by atoms with Crippen LogP contribution in [-0.4, -0.2) is 29.7 Å². The summed E-state index contributed by atoms with van der Waals surface area (Å²) in [4.78, 5) is 20.6. The second-order valence-corrected chi connectivity index (χ2v) is 1.67. The molecule has 5 nitrogen and oxygen atoms in total. The smallest absolute Gasteiger partial charge is 0.342 e. The first-order valence-electron chi connectivity index (χ1n) is 2.70. The number of carbonyl (C=O) groups excluding carboxylic acids is 2. The maximum atomic E-state index is 10.4. The first-order chi connectivity index (χ1) is 4.57. The molecule has 0 aliphatic carbocycles. The van der Waals surface area contributed by atoms with Gasteiger partial charge < -0.3 is 15.6 Å². The van der Waals surface area contributed by atoms with Crippen molar-refractivity contribution in [3.8, 4) is 0 Å². The molecule has 0 aromatic rings. The van der Waals surface area contributed by atoms with E-state index in [1.54, 1.807) is 0 Å². The minimum Gasteiger partial charge on any atom is -0.390 e. The summed E-state index contributed by atoms with van der Waals surface area (Å²) < 4.78 is 4.01. The minimum atomic E-state index is -1.28. The van der Waals surface area contributed by atoms with Crippen LogP contribution < -0.4 is 5.73 Å². The van der Waals surface area contributed by atoms with E-state index in [2.05, 4.69) is 4.74 Å². The third-order valence-electron chi connectivity index (χ3n) is 0.722. The monoisotopic (exact) mass is 183 g/mol. The van der Waals surface area contributed by atoms with Crippen molar-refractivity contribution >= 4 is 24.3 Å². The quantitative estimate of drug-likeness (QED) is 0.416. The van der Waals surface area contributed by atoms with Crippen LogP contribution in [0, 0.1) is 0 Å². The lowest BCUT2D eigenvalue weighted by atomic mass is 10.4. The van der Waals surface area contributed by atoms with Crippen molar-refractivity contribution in [2.45, 2.75) is 13.0 Å². The van der Waals surface area contributed by atoms with Gasteiger partial charge in [-0.2, -0.15) is 0 Å². The number of ether oxygens (including phenoxy) is 1.